The van der Waals surface area contributed by atoms with Crippen molar-refractivity contribution < 1.29 is 0 Å². The molecule has 2 aromatic rings. The minimum Gasteiger partial charge on any atom is -0.366 e. The molecule has 0 radical (unpaired) electrons. The van der Waals surface area contributed by atoms with Crippen LogP contribution in [-0.4, -0.2) is 15.0 Å². The van der Waals surface area contributed by atoms with Crippen LogP contribution in [0, 0.1) is 20.8 Å². The van der Waals surface area contributed by atoms with Crippen molar-refractivity contribution in [1.29, 1.82) is 0 Å². The Morgan fingerprint density at radius 2 is 1.53 bits per heavy atom. The van der Waals surface area contributed by atoms with Gasteiger partial charge in [-0.05, 0) is 38.5 Å². The molecule has 0 fully saturated rings. The lowest BCUT2D eigenvalue weighted by Crippen LogP contribution is -2.06. The Kier molecular flexibility index (Phi) is 4.10. The molecule has 0 saturated heterocycles. The number of rotatable bonds is 4. The van der Waals surface area contributed by atoms with Gasteiger partial charge in [-0.1, -0.05) is 6.92 Å². The number of aromatic nitrogens is 3. The number of hydrogen-bond donors (Lipinski definition) is 1. The summed E-state index contributed by atoms with van der Waals surface area (Å²) in [5.74, 6) is 1.76. The maximum atomic E-state index is 4.47. The first-order valence-corrected chi connectivity index (χ1v) is 6.59. The van der Waals surface area contributed by atoms with Crippen LogP contribution in [0.25, 0.3) is 0 Å². The Morgan fingerprint density at radius 3 is 2.16 bits per heavy atom. The van der Waals surface area contributed by atoms with Gasteiger partial charge >= 0.3 is 0 Å². The average molecular weight is 256 g/mol. The predicted octanol–water partition coefficient (Wildman–Crippen LogP) is 2.97. The van der Waals surface area contributed by atoms with E-state index in [0.29, 0.717) is 0 Å². The molecular weight excluding hydrogens is 236 g/mol. The van der Waals surface area contributed by atoms with E-state index in [4.69, 9.17) is 0 Å². The van der Waals surface area contributed by atoms with Gasteiger partial charge in [0.25, 0.3) is 0 Å². The monoisotopic (exact) mass is 256 g/mol. The van der Waals surface area contributed by atoms with Gasteiger partial charge < -0.3 is 5.32 Å². The molecule has 0 aromatic carbocycles. The second-order valence-corrected chi connectivity index (χ2v) is 4.78. The third-order valence-electron chi connectivity index (χ3n) is 2.83. The molecule has 0 unspecified atom stereocenters. The Hall–Kier alpha value is -1.97. The number of nitrogens with zero attached hydrogens (tertiary/aromatic N) is 3. The fourth-order valence-corrected chi connectivity index (χ4v) is 2.09. The summed E-state index contributed by atoms with van der Waals surface area (Å²) in [6, 6.07) is 6.16. The van der Waals surface area contributed by atoms with E-state index in [0.717, 1.165) is 41.7 Å². The van der Waals surface area contributed by atoms with Gasteiger partial charge in [-0.2, -0.15) is 0 Å². The van der Waals surface area contributed by atoms with Crippen LogP contribution < -0.4 is 5.32 Å². The summed E-state index contributed by atoms with van der Waals surface area (Å²) in [6.45, 7) is 8.84. The highest BCUT2D eigenvalue weighted by atomic mass is 15.0. The number of nitrogens with one attached hydrogen (secondary N) is 1. The second-order valence-electron chi connectivity index (χ2n) is 4.78. The summed E-state index contributed by atoms with van der Waals surface area (Å²) < 4.78 is 0. The summed E-state index contributed by atoms with van der Waals surface area (Å²) >= 11 is 0. The normalized spacial score (nSPS) is 10.5. The van der Waals surface area contributed by atoms with E-state index in [2.05, 4.69) is 39.3 Å². The van der Waals surface area contributed by atoms with E-state index < -0.39 is 0 Å². The van der Waals surface area contributed by atoms with Gasteiger partial charge in [0.15, 0.2) is 0 Å². The average Bonchev–Trinajstić information content (AvgIpc) is 2.34. The highest BCUT2D eigenvalue weighted by Gasteiger charge is 2.02. The van der Waals surface area contributed by atoms with Gasteiger partial charge in [-0.3, -0.25) is 4.98 Å². The quantitative estimate of drug-likeness (QED) is 0.913. The Balaban J connectivity index is 2.11. The van der Waals surface area contributed by atoms with Crippen LogP contribution in [0.4, 0.5) is 5.82 Å². The van der Waals surface area contributed by atoms with E-state index in [9.17, 15) is 0 Å². The molecule has 0 atom stereocenters. The van der Waals surface area contributed by atoms with Crippen molar-refractivity contribution in [3.05, 3.63) is 46.7 Å². The molecule has 0 amide bonds. The number of aryl methyl sites for hydroxylation is 4. The summed E-state index contributed by atoms with van der Waals surface area (Å²) in [4.78, 5) is 13.2. The fraction of sp³-hybridized carbons (Fsp3) is 0.400. The van der Waals surface area contributed by atoms with E-state index in [-0.39, 0.29) is 0 Å². The first-order chi connectivity index (χ1) is 9.06. The molecule has 19 heavy (non-hydrogen) atoms. The van der Waals surface area contributed by atoms with Crippen LogP contribution in [0.15, 0.2) is 18.2 Å². The van der Waals surface area contributed by atoms with Crippen molar-refractivity contribution in [2.24, 2.45) is 0 Å². The molecule has 1 N–H and O–H groups in total. The third-order valence-corrected chi connectivity index (χ3v) is 2.83. The lowest BCUT2D eigenvalue weighted by atomic mass is 10.2. The molecule has 4 heteroatoms. The van der Waals surface area contributed by atoms with Gasteiger partial charge in [0.1, 0.15) is 11.6 Å². The van der Waals surface area contributed by atoms with E-state index in [1.807, 2.05) is 26.8 Å². The van der Waals surface area contributed by atoms with Crippen LogP contribution in [-0.2, 0) is 13.0 Å². The Bertz CT molecular complexity index is 558. The molecule has 0 aliphatic carbocycles. The molecule has 0 aliphatic heterocycles. The first kappa shape index (κ1) is 13.5. The van der Waals surface area contributed by atoms with Gasteiger partial charge in [-0.15, -0.1) is 0 Å². The topological polar surface area (TPSA) is 50.7 Å². The van der Waals surface area contributed by atoms with Gasteiger partial charge in [0.2, 0.25) is 0 Å². The van der Waals surface area contributed by atoms with Crippen LogP contribution in [0.2, 0.25) is 0 Å². The SMILES string of the molecule is CCc1nc(C)cc(NCc2cc(C)nc(C)c2)n1. The van der Waals surface area contributed by atoms with Crippen molar-refractivity contribution in [1.82, 2.24) is 15.0 Å². The highest BCUT2D eigenvalue weighted by Crippen LogP contribution is 2.10. The molecule has 2 heterocycles. The van der Waals surface area contributed by atoms with Crippen molar-refractivity contribution in [2.45, 2.75) is 40.7 Å². The standard InChI is InChI=1S/C15H20N4/c1-5-14-18-12(4)8-15(19-14)16-9-13-6-10(2)17-11(3)7-13/h6-8H,5,9H2,1-4H3,(H,16,18,19). The summed E-state index contributed by atoms with van der Waals surface area (Å²) in [7, 11) is 0. The zero-order valence-electron chi connectivity index (χ0n) is 12.0. The van der Waals surface area contributed by atoms with Crippen LogP contribution in [0.3, 0.4) is 0 Å². The van der Waals surface area contributed by atoms with Gasteiger partial charge in [0.05, 0.1) is 0 Å². The van der Waals surface area contributed by atoms with Crippen LogP contribution >= 0.6 is 0 Å². The summed E-state index contributed by atoms with van der Waals surface area (Å²) in [6.07, 6.45) is 0.851. The maximum Gasteiger partial charge on any atom is 0.130 e. The molecule has 100 valence electrons. The molecule has 4 nitrogen and oxygen atoms in total. The van der Waals surface area contributed by atoms with Crippen LogP contribution in [0.1, 0.15) is 35.4 Å². The van der Waals surface area contributed by atoms with Crippen molar-refractivity contribution in [3.63, 3.8) is 0 Å². The molecule has 0 bridgehead atoms. The first-order valence-electron chi connectivity index (χ1n) is 6.59. The minimum atomic E-state index is 0.754. The van der Waals surface area contributed by atoms with Crippen molar-refractivity contribution in [2.75, 3.05) is 5.32 Å². The Labute approximate surface area is 114 Å². The van der Waals surface area contributed by atoms with Crippen molar-refractivity contribution in [3.8, 4) is 0 Å². The maximum absolute atomic E-state index is 4.47. The van der Waals surface area contributed by atoms with Crippen LogP contribution in [0.5, 0.6) is 0 Å². The zero-order chi connectivity index (χ0) is 13.8. The molecule has 0 aliphatic rings. The molecule has 2 aromatic heterocycles. The van der Waals surface area contributed by atoms with E-state index in [1.165, 1.54) is 5.56 Å². The molecular formula is C15H20N4. The van der Waals surface area contributed by atoms with Gasteiger partial charge in [-0.25, -0.2) is 9.97 Å². The van der Waals surface area contributed by atoms with Crippen molar-refractivity contribution >= 4 is 5.82 Å². The predicted molar refractivity (Wildman–Crippen MR) is 77.2 cm³/mol. The van der Waals surface area contributed by atoms with E-state index >= 15 is 0 Å². The summed E-state index contributed by atoms with van der Waals surface area (Å²) in [5.41, 5.74) is 4.31. The third kappa shape index (κ3) is 3.74. The molecule has 0 spiro atoms. The smallest absolute Gasteiger partial charge is 0.130 e. The fourth-order valence-electron chi connectivity index (χ4n) is 2.09. The lowest BCUT2D eigenvalue weighted by molar-refractivity contribution is 0.911. The zero-order valence-corrected chi connectivity index (χ0v) is 12.0. The Morgan fingerprint density at radius 1 is 0.895 bits per heavy atom. The number of anilines is 1. The second kappa shape index (κ2) is 5.78. The molecule has 2 rings (SSSR count). The van der Waals surface area contributed by atoms with E-state index in [1.54, 1.807) is 0 Å². The van der Waals surface area contributed by atoms with Gasteiger partial charge in [0, 0.05) is 36.1 Å². The molecule has 0 saturated carbocycles. The number of pyridine rings is 1. The minimum absolute atomic E-state index is 0.754. The largest absolute Gasteiger partial charge is 0.366 e. The number of hydrogen-bond acceptors (Lipinski definition) is 4. The summed E-state index contributed by atoms with van der Waals surface area (Å²) in [5, 5.41) is 3.35. The highest BCUT2D eigenvalue weighted by molar-refractivity contribution is 5.37. The lowest BCUT2D eigenvalue weighted by Gasteiger charge is -2.09.